The lowest BCUT2D eigenvalue weighted by atomic mass is 10.2. The first-order chi connectivity index (χ1) is 13.5. The maximum atomic E-state index is 12.9. The molecule has 0 unspecified atom stereocenters. The van der Waals surface area contributed by atoms with Crippen LogP contribution < -0.4 is 5.32 Å². The molecule has 0 aliphatic carbocycles. The second-order valence-corrected chi connectivity index (χ2v) is 8.93. The van der Waals surface area contributed by atoms with Crippen molar-refractivity contribution in [3.8, 4) is 0 Å². The van der Waals surface area contributed by atoms with E-state index in [2.05, 4.69) is 21.2 Å². The number of hydrogen-bond acceptors (Lipinski definition) is 4. The second kappa shape index (κ2) is 7.85. The van der Waals surface area contributed by atoms with Gasteiger partial charge in [-0.2, -0.15) is 13.2 Å². The van der Waals surface area contributed by atoms with Crippen LogP contribution in [0.3, 0.4) is 0 Å². The van der Waals surface area contributed by atoms with E-state index in [1.54, 1.807) is 0 Å². The molecule has 0 saturated heterocycles. The lowest BCUT2D eigenvalue weighted by molar-refractivity contribution is -0.137. The highest BCUT2D eigenvalue weighted by Crippen LogP contribution is 2.36. The van der Waals surface area contributed by atoms with Gasteiger partial charge in [-0.1, -0.05) is 27.5 Å². The lowest BCUT2D eigenvalue weighted by Crippen LogP contribution is -2.13. The first-order valence-corrected chi connectivity index (χ1v) is 10.4. The Labute approximate surface area is 176 Å². The monoisotopic (exact) mass is 507 g/mol. The molecule has 3 rings (SSSR count). The van der Waals surface area contributed by atoms with E-state index >= 15 is 0 Å². The number of furan rings is 1. The molecule has 1 heterocycles. The third-order valence-corrected chi connectivity index (χ3v) is 6.22. The summed E-state index contributed by atoms with van der Waals surface area (Å²) in [6.07, 6.45) is -4.70. The van der Waals surface area contributed by atoms with Crippen LogP contribution in [-0.2, 0) is 16.0 Å². The van der Waals surface area contributed by atoms with Crippen molar-refractivity contribution in [2.75, 3.05) is 5.32 Å². The van der Waals surface area contributed by atoms with Gasteiger partial charge in [-0.05, 0) is 54.6 Å². The number of amides is 1. The van der Waals surface area contributed by atoms with Crippen molar-refractivity contribution in [3.63, 3.8) is 0 Å². The summed E-state index contributed by atoms with van der Waals surface area (Å²) >= 11 is 8.73. The van der Waals surface area contributed by atoms with Crippen LogP contribution in [0.5, 0.6) is 0 Å². The van der Waals surface area contributed by atoms with Crippen LogP contribution in [0.15, 0.2) is 73.5 Å². The number of carbonyl (C=O) groups excluding carboxylic acids is 1. The van der Waals surface area contributed by atoms with E-state index < -0.39 is 37.6 Å². The molecule has 0 fully saturated rings. The molecule has 2 aromatic carbocycles. The van der Waals surface area contributed by atoms with Crippen LogP contribution in [0, 0.1) is 0 Å². The molecule has 0 spiro atoms. The Hall–Kier alpha value is -2.30. The molecule has 0 atom stereocenters. The van der Waals surface area contributed by atoms with E-state index in [0.717, 1.165) is 18.2 Å². The fraction of sp³-hybridized carbons (Fsp3) is 0.0556. The Morgan fingerprint density at radius 3 is 2.31 bits per heavy atom. The van der Waals surface area contributed by atoms with E-state index in [0.29, 0.717) is 10.5 Å². The molecule has 1 N–H and O–H groups in total. The summed E-state index contributed by atoms with van der Waals surface area (Å²) in [6, 6.07) is 10.8. The largest absolute Gasteiger partial charge is 0.439 e. The number of nitrogens with one attached hydrogen (secondary N) is 1. The van der Waals surface area contributed by atoms with Crippen molar-refractivity contribution in [1.82, 2.24) is 0 Å². The molecule has 0 bridgehead atoms. The zero-order valence-electron chi connectivity index (χ0n) is 14.1. The van der Waals surface area contributed by atoms with Gasteiger partial charge in [0, 0.05) is 10.2 Å². The number of sulfone groups is 1. The minimum Gasteiger partial charge on any atom is -0.439 e. The maximum absolute atomic E-state index is 12.9. The Morgan fingerprint density at radius 1 is 1.03 bits per heavy atom. The molecule has 0 aliphatic heterocycles. The van der Waals surface area contributed by atoms with Crippen molar-refractivity contribution in [1.29, 1.82) is 0 Å². The van der Waals surface area contributed by atoms with E-state index in [1.165, 1.54) is 30.3 Å². The first-order valence-electron chi connectivity index (χ1n) is 7.77. The van der Waals surface area contributed by atoms with Crippen LogP contribution in [-0.4, -0.2) is 14.3 Å². The molecule has 29 heavy (non-hydrogen) atoms. The van der Waals surface area contributed by atoms with E-state index in [-0.39, 0.29) is 16.3 Å². The molecule has 152 valence electrons. The number of halogens is 5. The van der Waals surface area contributed by atoms with E-state index in [9.17, 15) is 26.4 Å². The number of alkyl halides is 3. The van der Waals surface area contributed by atoms with E-state index in [1.807, 2.05) is 0 Å². The summed E-state index contributed by atoms with van der Waals surface area (Å²) in [5.74, 6) is -1.30. The molecule has 3 aromatic rings. The van der Waals surface area contributed by atoms with Gasteiger partial charge in [0.05, 0.1) is 15.5 Å². The fourth-order valence-corrected chi connectivity index (χ4v) is 3.99. The van der Waals surface area contributed by atoms with Gasteiger partial charge in [0.15, 0.2) is 5.76 Å². The van der Waals surface area contributed by atoms with Gasteiger partial charge in [-0.3, -0.25) is 4.79 Å². The first kappa shape index (κ1) is 21.4. The van der Waals surface area contributed by atoms with Crippen molar-refractivity contribution >= 4 is 49.0 Å². The highest BCUT2D eigenvalue weighted by Gasteiger charge is 2.33. The SMILES string of the molecule is O=C(Nc1ccc(Cl)c(C(F)(F)F)c1)c1ccc(S(=O)(=O)c2ccc(Br)cc2)o1. The van der Waals surface area contributed by atoms with Gasteiger partial charge < -0.3 is 9.73 Å². The molecule has 0 saturated carbocycles. The smallest absolute Gasteiger partial charge is 0.417 e. The Balaban J connectivity index is 1.84. The standard InChI is InChI=1S/C18H10BrClF3NO4S/c19-10-1-4-12(5-2-10)29(26,27)16-8-7-15(28-16)17(25)24-11-3-6-14(20)13(9-11)18(21,22)23/h1-9H,(H,24,25). The molecule has 0 radical (unpaired) electrons. The zero-order chi connectivity index (χ0) is 21.4. The summed E-state index contributed by atoms with van der Waals surface area (Å²) in [5, 5.41) is 1.23. The number of benzene rings is 2. The maximum Gasteiger partial charge on any atom is 0.417 e. The van der Waals surface area contributed by atoms with Crippen LogP contribution in [0.25, 0.3) is 0 Å². The Morgan fingerprint density at radius 2 is 1.69 bits per heavy atom. The topological polar surface area (TPSA) is 76.4 Å². The zero-order valence-corrected chi connectivity index (χ0v) is 17.3. The predicted octanol–water partition coefficient (Wildman–Crippen LogP) is 5.80. The van der Waals surface area contributed by atoms with Crippen molar-refractivity contribution in [2.24, 2.45) is 0 Å². The third-order valence-electron chi connectivity index (χ3n) is 3.72. The summed E-state index contributed by atoms with van der Waals surface area (Å²) < 4.78 is 69.7. The number of anilines is 1. The van der Waals surface area contributed by atoms with Crippen molar-refractivity contribution in [2.45, 2.75) is 16.2 Å². The average molecular weight is 509 g/mol. The number of carbonyl (C=O) groups is 1. The number of hydrogen-bond donors (Lipinski definition) is 1. The molecular weight excluding hydrogens is 499 g/mol. The van der Waals surface area contributed by atoms with Crippen LogP contribution in [0.1, 0.15) is 16.1 Å². The normalized spacial score (nSPS) is 12.0. The van der Waals surface area contributed by atoms with Crippen LogP contribution in [0.4, 0.5) is 18.9 Å². The van der Waals surface area contributed by atoms with Gasteiger partial charge in [0.2, 0.25) is 14.9 Å². The van der Waals surface area contributed by atoms with Gasteiger partial charge in [-0.25, -0.2) is 8.42 Å². The summed E-state index contributed by atoms with van der Waals surface area (Å²) in [4.78, 5) is 12.2. The van der Waals surface area contributed by atoms with Gasteiger partial charge in [-0.15, -0.1) is 0 Å². The Kier molecular flexibility index (Phi) is 5.79. The highest BCUT2D eigenvalue weighted by molar-refractivity contribution is 9.10. The second-order valence-electron chi connectivity index (χ2n) is 5.72. The minimum absolute atomic E-state index is 0.0467. The van der Waals surface area contributed by atoms with Crippen molar-refractivity contribution < 1.29 is 30.8 Å². The van der Waals surface area contributed by atoms with Gasteiger partial charge in [0.1, 0.15) is 0 Å². The molecule has 0 aliphatic rings. The Bertz CT molecular complexity index is 1170. The quantitative estimate of drug-likeness (QED) is 0.483. The lowest BCUT2D eigenvalue weighted by Gasteiger charge is -2.11. The number of rotatable bonds is 4. The molecule has 11 heteroatoms. The molecule has 1 amide bonds. The molecular formula is C18H10BrClF3NO4S. The highest BCUT2D eigenvalue weighted by atomic mass is 79.9. The molecule has 5 nitrogen and oxygen atoms in total. The summed E-state index contributed by atoms with van der Waals surface area (Å²) in [5.41, 5.74) is -1.30. The third kappa shape index (κ3) is 4.65. The minimum atomic E-state index is -4.70. The van der Waals surface area contributed by atoms with Crippen LogP contribution >= 0.6 is 27.5 Å². The average Bonchev–Trinajstić information content (AvgIpc) is 3.14. The summed E-state index contributed by atoms with van der Waals surface area (Å²) in [7, 11) is -4.01. The summed E-state index contributed by atoms with van der Waals surface area (Å²) in [6.45, 7) is 0. The predicted molar refractivity (Wildman–Crippen MR) is 103 cm³/mol. The molecule has 1 aromatic heterocycles. The van der Waals surface area contributed by atoms with Gasteiger partial charge in [0.25, 0.3) is 5.91 Å². The van der Waals surface area contributed by atoms with Gasteiger partial charge >= 0.3 is 6.18 Å². The van der Waals surface area contributed by atoms with Crippen LogP contribution in [0.2, 0.25) is 5.02 Å². The fourth-order valence-electron chi connectivity index (χ4n) is 2.33. The van der Waals surface area contributed by atoms with Crippen molar-refractivity contribution in [3.05, 3.63) is 75.4 Å². The van der Waals surface area contributed by atoms with E-state index in [4.69, 9.17) is 16.0 Å².